The maximum atomic E-state index is 12.5. The van der Waals surface area contributed by atoms with E-state index in [1.165, 1.54) is 11.8 Å². The lowest BCUT2D eigenvalue weighted by Gasteiger charge is -2.12. The smallest absolute Gasteiger partial charge is 0.148 e. The van der Waals surface area contributed by atoms with Gasteiger partial charge in [0.25, 0.3) is 0 Å². The van der Waals surface area contributed by atoms with E-state index in [-0.39, 0.29) is 6.67 Å². The Morgan fingerprint density at radius 3 is 3.11 bits per heavy atom. The molecular weight excluding hydrogens is 265 g/mol. The first-order valence-corrected chi connectivity index (χ1v) is 7.42. The molecule has 102 valence electrons. The number of halogens is 1. The maximum Gasteiger partial charge on any atom is 0.148 e. The first-order chi connectivity index (χ1) is 9.36. The summed E-state index contributed by atoms with van der Waals surface area (Å²) in [4.78, 5) is 1.03. The van der Waals surface area contributed by atoms with E-state index in [1.54, 1.807) is 6.26 Å². The summed E-state index contributed by atoms with van der Waals surface area (Å²) in [6.45, 7) is 0.919. The molecule has 0 saturated heterocycles. The van der Waals surface area contributed by atoms with Crippen molar-refractivity contribution in [3.8, 4) is 5.75 Å². The Morgan fingerprint density at radius 2 is 2.32 bits per heavy atom. The topological polar surface area (TPSA) is 48.4 Å². The van der Waals surface area contributed by atoms with Crippen LogP contribution in [0.4, 0.5) is 4.39 Å². The van der Waals surface area contributed by atoms with Gasteiger partial charge in [0.15, 0.2) is 0 Å². The van der Waals surface area contributed by atoms with Crippen molar-refractivity contribution in [2.24, 2.45) is 5.73 Å². The molecule has 0 amide bonds. The summed E-state index contributed by atoms with van der Waals surface area (Å²) in [6, 6.07) is 1.95. The van der Waals surface area contributed by atoms with E-state index in [1.807, 2.05) is 6.07 Å². The van der Waals surface area contributed by atoms with Crippen molar-refractivity contribution in [3.05, 3.63) is 23.5 Å². The summed E-state index contributed by atoms with van der Waals surface area (Å²) in [7, 11) is 0. The van der Waals surface area contributed by atoms with Crippen molar-refractivity contribution in [3.63, 3.8) is 0 Å². The predicted molar refractivity (Wildman–Crippen MR) is 74.9 cm³/mol. The van der Waals surface area contributed by atoms with E-state index >= 15 is 0 Å². The molecule has 1 aliphatic rings. The third-order valence-corrected chi connectivity index (χ3v) is 4.41. The van der Waals surface area contributed by atoms with E-state index < -0.39 is 0 Å². The molecule has 0 spiro atoms. The molecule has 0 aliphatic carbocycles. The predicted octanol–water partition coefficient (Wildman–Crippen LogP) is 2.93. The molecule has 2 aromatic rings. The zero-order valence-corrected chi connectivity index (χ0v) is 11.4. The molecule has 1 aromatic carbocycles. The number of alkyl halides is 1. The van der Waals surface area contributed by atoms with Gasteiger partial charge >= 0.3 is 0 Å². The molecule has 1 aromatic heterocycles. The molecular formula is C14H16FNO2S. The summed E-state index contributed by atoms with van der Waals surface area (Å²) >= 11 is 1.51. The minimum atomic E-state index is -0.340. The fourth-order valence-electron chi connectivity index (χ4n) is 2.61. The second-order valence-electron chi connectivity index (χ2n) is 4.45. The SMILES string of the molecule is NCCc1c2c(c(SCCF)c3occc13)CCO2. The molecule has 3 nitrogen and oxygen atoms in total. The molecule has 0 radical (unpaired) electrons. The third-order valence-electron chi connectivity index (χ3n) is 3.34. The van der Waals surface area contributed by atoms with E-state index in [2.05, 4.69) is 0 Å². The number of nitrogens with two attached hydrogens (primary N) is 1. The highest BCUT2D eigenvalue weighted by Gasteiger charge is 2.25. The second-order valence-corrected chi connectivity index (χ2v) is 5.56. The van der Waals surface area contributed by atoms with Gasteiger partial charge in [-0.15, -0.1) is 11.8 Å². The minimum Gasteiger partial charge on any atom is -0.493 e. The van der Waals surface area contributed by atoms with Gasteiger partial charge in [-0.25, -0.2) is 0 Å². The number of rotatable bonds is 5. The molecule has 1 aliphatic heterocycles. The Morgan fingerprint density at radius 1 is 1.42 bits per heavy atom. The molecule has 5 heteroatoms. The van der Waals surface area contributed by atoms with Gasteiger partial charge in [0.2, 0.25) is 0 Å². The highest BCUT2D eigenvalue weighted by Crippen LogP contribution is 2.44. The lowest BCUT2D eigenvalue weighted by atomic mass is 10.0. The van der Waals surface area contributed by atoms with Crippen LogP contribution in [-0.4, -0.2) is 25.6 Å². The van der Waals surface area contributed by atoms with Crippen LogP contribution in [0, 0.1) is 0 Å². The molecule has 2 heterocycles. The van der Waals surface area contributed by atoms with Gasteiger partial charge in [-0.05, 0) is 19.0 Å². The van der Waals surface area contributed by atoms with Gasteiger partial charge in [0, 0.05) is 28.7 Å². The zero-order valence-electron chi connectivity index (χ0n) is 10.6. The van der Waals surface area contributed by atoms with Crippen LogP contribution in [0.15, 0.2) is 21.6 Å². The average Bonchev–Trinajstić information content (AvgIpc) is 3.06. The highest BCUT2D eigenvalue weighted by molar-refractivity contribution is 7.99. The number of hydrogen-bond donors (Lipinski definition) is 1. The second kappa shape index (κ2) is 5.43. The van der Waals surface area contributed by atoms with E-state index in [9.17, 15) is 4.39 Å². The Kier molecular flexibility index (Phi) is 3.66. The van der Waals surface area contributed by atoms with Crippen LogP contribution in [-0.2, 0) is 12.8 Å². The Bertz CT molecular complexity index is 597. The summed E-state index contributed by atoms with van der Waals surface area (Å²) in [5.74, 6) is 1.39. The number of fused-ring (bicyclic) bond motifs is 2. The van der Waals surface area contributed by atoms with Crippen LogP contribution in [0.25, 0.3) is 11.0 Å². The van der Waals surface area contributed by atoms with Gasteiger partial charge in [-0.3, -0.25) is 4.39 Å². The van der Waals surface area contributed by atoms with Crippen molar-refractivity contribution >= 4 is 22.7 Å². The fourth-order valence-corrected chi connectivity index (χ4v) is 3.55. The summed E-state index contributed by atoms with van der Waals surface area (Å²) in [6.07, 6.45) is 3.31. The van der Waals surface area contributed by atoms with E-state index in [4.69, 9.17) is 14.9 Å². The number of thioether (sulfide) groups is 1. The lowest BCUT2D eigenvalue weighted by Crippen LogP contribution is -2.05. The molecule has 0 unspecified atom stereocenters. The molecule has 0 atom stereocenters. The van der Waals surface area contributed by atoms with Crippen molar-refractivity contribution < 1.29 is 13.5 Å². The third kappa shape index (κ3) is 2.11. The highest BCUT2D eigenvalue weighted by atomic mass is 32.2. The molecule has 0 saturated carbocycles. The Labute approximate surface area is 115 Å². The van der Waals surface area contributed by atoms with Gasteiger partial charge in [0.1, 0.15) is 11.3 Å². The minimum absolute atomic E-state index is 0.340. The van der Waals surface area contributed by atoms with Gasteiger partial charge in [0.05, 0.1) is 24.4 Å². The van der Waals surface area contributed by atoms with Crippen LogP contribution in [0.2, 0.25) is 0 Å². The van der Waals surface area contributed by atoms with Gasteiger partial charge < -0.3 is 14.9 Å². The van der Waals surface area contributed by atoms with E-state index in [0.717, 1.165) is 45.6 Å². The zero-order chi connectivity index (χ0) is 13.2. The molecule has 2 N–H and O–H groups in total. The normalized spacial score (nSPS) is 13.8. The number of benzene rings is 1. The largest absolute Gasteiger partial charge is 0.493 e. The van der Waals surface area contributed by atoms with Gasteiger partial charge in [-0.1, -0.05) is 0 Å². The van der Waals surface area contributed by atoms with Crippen molar-refractivity contribution in [1.29, 1.82) is 0 Å². The van der Waals surface area contributed by atoms with Crippen molar-refractivity contribution in [2.45, 2.75) is 17.7 Å². The van der Waals surface area contributed by atoms with Crippen LogP contribution in [0.5, 0.6) is 5.75 Å². The quantitative estimate of drug-likeness (QED) is 0.856. The van der Waals surface area contributed by atoms with Crippen molar-refractivity contribution in [1.82, 2.24) is 0 Å². The first kappa shape index (κ1) is 12.8. The number of ether oxygens (including phenoxy) is 1. The van der Waals surface area contributed by atoms with E-state index in [0.29, 0.717) is 18.9 Å². The molecule has 0 bridgehead atoms. The first-order valence-electron chi connectivity index (χ1n) is 6.43. The maximum absolute atomic E-state index is 12.5. The van der Waals surface area contributed by atoms with Crippen LogP contribution in [0.3, 0.4) is 0 Å². The summed E-state index contributed by atoms with van der Waals surface area (Å²) in [5.41, 5.74) is 8.83. The Balaban J connectivity index is 2.20. The molecule has 0 fully saturated rings. The van der Waals surface area contributed by atoms with Crippen LogP contribution in [0.1, 0.15) is 11.1 Å². The number of furan rings is 1. The fraction of sp³-hybridized carbons (Fsp3) is 0.429. The monoisotopic (exact) mass is 281 g/mol. The van der Waals surface area contributed by atoms with Crippen LogP contribution < -0.4 is 10.5 Å². The standard InChI is InChI=1S/C14H16FNO2S/c15-4-8-19-14-11-3-7-17-12(11)9(1-5-16)10-2-6-18-13(10)14/h2,6H,1,3-5,7-8,16H2. The average molecular weight is 281 g/mol. The number of hydrogen-bond acceptors (Lipinski definition) is 4. The van der Waals surface area contributed by atoms with Crippen molar-refractivity contribution in [2.75, 3.05) is 25.6 Å². The van der Waals surface area contributed by atoms with Crippen LogP contribution >= 0.6 is 11.8 Å². The molecule has 19 heavy (non-hydrogen) atoms. The summed E-state index contributed by atoms with van der Waals surface area (Å²) in [5, 5.41) is 1.05. The van der Waals surface area contributed by atoms with Gasteiger partial charge in [-0.2, -0.15) is 0 Å². The summed E-state index contributed by atoms with van der Waals surface area (Å²) < 4.78 is 23.9. The molecule has 3 rings (SSSR count). The lowest BCUT2D eigenvalue weighted by molar-refractivity contribution is 0.354. The Hall–Kier alpha value is -1.20.